The number of nitrogens with one attached hydrogen (secondary N) is 1. The van der Waals surface area contributed by atoms with Crippen LogP contribution in [0.4, 0.5) is 0 Å². The predicted octanol–water partition coefficient (Wildman–Crippen LogP) is 4.03. The molecule has 1 saturated carbocycles. The topological polar surface area (TPSA) is 12.0 Å². The Morgan fingerprint density at radius 3 is 2.56 bits per heavy atom. The minimum absolute atomic E-state index is 0.794. The van der Waals surface area contributed by atoms with Crippen molar-refractivity contribution >= 4 is 0 Å². The Bertz CT molecular complexity index is 329. The lowest BCUT2D eigenvalue weighted by atomic mass is 9.89. The monoisotopic (exact) mass is 245 g/mol. The maximum Gasteiger partial charge on any atom is 0.00683 e. The van der Waals surface area contributed by atoms with Crippen LogP contribution in [0, 0.1) is 11.8 Å². The van der Waals surface area contributed by atoms with Crippen LogP contribution in [0.15, 0.2) is 30.3 Å². The first kappa shape index (κ1) is 13.6. The quantitative estimate of drug-likeness (QED) is 0.729. The Balaban J connectivity index is 1.85. The lowest BCUT2D eigenvalue weighted by molar-refractivity contribution is 0.362. The highest BCUT2D eigenvalue weighted by Crippen LogP contribution is 2.22. The molecule has 0 heterocycles. The molecule has 1 heteroatoms. The molecule has 100 valence electrons. The van der Waals surface area contributed by atoms with Crippen molar-refractivity contribution in [2.45, 2.75) is 52.0 Å². The second kappa shape index (κ2) is 6.94. The van der Waals surface area contributed by atoms with E-state index in [4.69, 9.17) is 0 Å². The lowest BCUT2D eigenvalue weighted by Crippen LogP contribution is -2.27. The molecule has 1 nitrogen and oxygen atoms in total. The fourth-order valence-electron chi connectivity index (χ4n) is 2.54. The van der Waals surface area contributed by atoms with Crippen molar-refractivity contribution in [3.8, 4) is 0 Å². The third-order valence-corrected chi connectivity index (χ3v) is 4.07. The average Bonchev–Trinajstić information content (AvgIpc) is 3.21. The van der Waals surface area contributed by atoms with E-state index in [1.165, 1.54) is 44.2 Å². The molecule has 0 amide bonds. The fraction of sp³-hybridized carbons (Fsp3) is 0.647. The number of benzene rings is 1. The van der Waals surface area contributed by atoms with E-state index in [0.717, 1.165) is 17.9 Å². The molecule has 0 saturated heterocycles. The molecule has 0 aromatic heterocycles. The van der Waals surface area contributed by atoms with E-state index in [1.54, 1.807) is 0 Å². The van der Waals surface area contributed by atoms with Crippen LogP contribution in [0.25, 0.3) is 0 Å². The molecule has 1 fully saturated rings. The van der Waals surface area contributed by atoms with Gasteiger partial charge in [0.05, 0.1) is 0 Å². The number of hydrogen-bond acceptors (Lipinski definition) is 1. The highest BCUT2D eigenvalue weighted by molar-refractivity contribution is 5.15. The van der Waals surface area contributed by atoms with Crippen molar-refractivity contribution < 1.29 is 0 Å². The first-order valence-corrected chi connectivity index (χ1v) is 7.55. The fourth-order valence-corrected chi connectivity index (χ4v) is 2.54. The maximum atomic E-state index is 3.71. The maximum absolute atomic E-state index is 3.71. The molecule has 0 bridgehead atoms. The van der Waals surface area contributed by atoms with E-state index < -0.39 is 0 Å². The summed E-state index contributed by atoms with van der Waals surface area (Å²) < 4.78 is 0. The van der Waals surface area contributed by atoms with Crippen LogP contribution in [-0.4, -0.2) is 12.6 Å². The van der Waals surface area contributed by atoms with E-state index >= 15 is 0 Å². The summed E-state index contributed by atoms with van der Waals surface area (Å²) in [6.45, 7) is 5.89. The van der Waals surface area contributed by atoms with Gasteiger partial charge in [-0.15, -0.1) is 0 Å². The Morgan fingerprint density at radius 2 is 1.94 bits per heavy atom. The van der Waals surface area contributed by atoms with Crippen molar-refractivity contribution in [2.24, 2.45) is 11.8 Å². The second-order valence-electron chi connectivity index (χ2n) is 5.99. The zero-order valence-electron chi connectivity index (χ0n) is 11.9. The van der Waals surface area contributed by atoms with Gasteiger partial charge in [-0.25, -0.2) is 0 Å². The van der Waals surface area contributed by atoms with Gasteiger partial charge in [0.2, 0.25) is 0 Å². The normalized spacial score (nSPS) is 18.6. The smallest absolute Gasteiger partial charge is 0.00683 e. The molecular weight excluding hydrogens is 218 g/mol. The summed E-state index contributed by atoms with van der Waals surface area (Å²) >= 11 is 0. The molecule has 0 radical (unpaired) electrons. The number of rotatable bonds is 8. The highest BCUT2D eigenvalue weighted by atomic mass is 14.9. The van der Waals surface area contributed by atoms with Crippen molar-refractivity contribution in [3.63, 3.8) is 0 Å². The van der Waals surface area contributed by atoms with Gasteiger partial charge in [0, 0.05) is 6.04 Å². The molecule has 1 N–H and O–H groups in total. The van der Waals surface area contributed by atoms with E-state index in [2.05, 4.69) is 49.5 Å². The van der Waals surface area contributed by atoms with Crippen molar-refractivity contribution in [3.05, 3.63) is 35.9 Å². The van der Waals surface area contributed by atoms with Crippen LogP contribution in [0.5, 0.6) is 0 Å². The zero-order valence-corrected chi connectivity index (χ0v) is 11.9. The largest absolute Gasteiger partial charge is 0.314 e. The average molecular weight is 245 g/mol. The number of hydrogen-bond donors (Lipinski definition) is 1. The molecule has 1 aliphatic rings. The minimum atomic E-state index is 0.794. The molecule has 1 aliphatic carbocycles. The Kier molecular flexibility index (Phi) is 5.25. The molecule has 2 rings (SSSR count). The first-order chi connectivity index (χ1) is 8.78. The third kappa shape index (κ3) is 4.81. The molecule has 18 heavy (non-hydrogen) atoms. The standard InChI is InChI=1S/C17H27N/c1-3-14(2)11-16(13-18-17-9-10-17)12-15-7-5-4-6-8-15/h4-8,14,16-18H,3,9-13H2,1-2H3. The molecule has 2 atom stereocenters. The highest BCUT2D eigenvalue weighted by Gasteiger charge is 2.22. The van der Waals surface area contributed by atoms with Gasteiger partial charge >= 0.3 is 0 Å². The van der Waals surface area contributed by atoms with E-state index in [0.29, 0.717) is 0 Å². The molecule has 0 spiro atoms. The van der Waals surface area contributed by atoms with Gasteiger partial charge in [-0.3, -0.25) is 0 Å². The molecule has 0 aliphatic heterocycles. The van der Waals surface area contributed by atoms with Crippen LogP contribution in [0.3, 0.4) is 0 Å². The first-order valence-electron chi connectivity index (χ1n) is 7.55. The van der Waals surface area contributed by atoms with E-state index in [-0.39, 0.29) is 0 Å². The van der Waals surface area contributed by atoms with Gasteiger partial charge in [-0.05, 0) is 49.6 Å². The molecule has 1 aromatic carbocycles. The van der Waals surface area contributed by atoms with Crippen molar-refractivity contribution in [2.75, 3.05) is 6.54 Å². The SMILES string of the molecule is CCC(C)CC(CNC1CC1)Cc1ccccc1. The Hall–Kier alpha value is -0.820. The van der Waals surface area contributed by atoms with Crippen LogP contribution < -0.4 is 5.32 Å². The lowest BCUT2D eigenvalue weighted by Gasteiger charge is -2.21. The minimum Gasteiger partial charge on any atom is -0.314 e. The van der Waals surface area contributed by atoms with Crippen LogP contribution in [-0.2, 0) is 6.42 Å². The van der Waals surface area contributed by atoms with Crippen molar-refractivity contribution in [1.82, 2.24) is 5.32 Å². The van der Waals surface area contributed by atoms with Gasteiger partial charge in [0.15, 0.2) is 0 Å². The summed E-state index contributed by atoms with van der Waals surface area (Å²) in [4.78, 5) is 0. The van der Waals surface area contributed by atoms with Crippen LogP contribution in [0.1, 0.15) is 45.1 Å². The third-order valence-electron chi connectivity index (χ3n) is 4.07. The van der Waals surface area contributed by atoms with Gasteiger partial charge in [0.25, 0.3) is 0 Å². The zero-order chi connectivity index (χ0) is 12.8. The van der Waals surface area contributed by atoms with Gasteiger partial charge in [-0.1, -0.05) is 50.6 Å². The molecular formula is C17H27N. The van der Waals surface area contributed by atoms with Crippen LogP contribution in [0.2, 0.25) is 0 Å². The van der Waals surface area contributed by atoms with Crippen LogP contribution >= 0.6 is 0 Å². The van der Waals surface area contributed by atoms with E-state index in [1.807, 2.05) is 0 Å². The summed E-state index contributed by atoms with van der Waals surface area (Å²) in [7, 11) is 0. The van der Waals surface area contributed by atoms with Gasteiger partial charge < -0.3 is 5.32 Å². The summed E-state index contributed by atoms with van der Waals surface area (Å²) in [6.07, 6.45) is 6.66. The summed E-state index contributed by atoms with van der Waals surface area (Å²) in [6, 6.07) is 11.8. The molecule has 2 unspecified atom stereocenters. The Morgan fingerprint density at radius 1 is 1.22 bits per heavy atom. The van der Waals surface area contributed by atoms with Gasteiger partial charge in [-0.2, -0.15) is 0 Å². The summed E-state index contributed by atoms with van der Waals surface area (Å²) in [5, 5.41) is 3.71. The summed E-state index contributed by atoms with van der Waals surface area (Å²) in [5.74, 6) is 1.64. The Labute approximate surface area is 112 Å². The van der Waals surface area contributed by atoms with E-state index in [9.17, 15) is 0 Å². The predicted molar refractivity (Wildman–Crippen MR) is 78.7 cm³/mol. The van der Waals surface area contributed by atoms with Crippen molar-refractivity contribution in [1.29, 1.82) is 0 Å². The summed E-state index contributed by atoms with van der Waals surface area (Å²) in [5.41, 5.74) is 1.49. The van der Waals surface area contributed by atoms with Gasteiger partial charge in [0.1, 0.15) is 0 Å². The second-order valence-corrected chi connectivity index (χ2v) is 5.99. The molecule has 1 aromatic rings.